The third kappa shape index (κ3) is 1.58. The van der Waals surface area contributed by atoms with E-state index in [0.29, 0.717) is 0 Å². The van der Waals surface area contributed by atoms with Gasteiger partial charge in [0.25, 0.3) is 0 Å². The molecule has 0 fully saturated rings. The van der Waals surface area contributed by atoms with Gasteiger partial charge in [-0.1, -0.05) is 42.0 Å². The summed E-state index contributed by atoms with van der Waals surface area (Å²) >= 11 is 4.34. The first-order chi connectivity index (χ1) is 10.7. The summed E-state index contributed by atoms with van der Waals surface area (Å²) in [5.74, 6) is 0. The van der Waals surface area contributed by atoms with E-state index in [1.54, 1.807) is 0 Å². The molecule has 5 rings (SSSR count). The SMILES string of the molecule is Cc1ccc2c(c1)c1ccc3c4ccccc4sc3c1n2I. The van der Waals surface area contributed by atoms with E-state index in [1.165, 1.54) is 47.5 Å². The second kappa shape index (κ2) is 4.46. The Morgan fingerprint density at radius 3 is 2.59 bits per heavy atom. The highest BCUT2D eigenvalue weighted by atomic mass is 127. The first kappa shape index (κ1) is 12.9. The number of rotatable bonds is 0. The van der Waals surface area contributed by atoms with E-state index in [2.05, 4.69) is 87.2 Å². The average Bonchev–Trinajstić information content (AvgIpc) is 3.03. The Hall–Kier alpha value is -1.59. The van der Waals surface area contributed by atoms with Crippen LogP contribution >= 0.6 is 34.2 Å². The zero-order valence-electron chi connectivity index (χ0n) is 11.9. The van der Waals surface area contributed by atoms with Crippen LogP contribution in [0.25, 0.3) is 42.0 Å². The van der Waals surface area contributed by atoms with Gasteiger partial charge < -0.3 is 0 Å². The number of fused-ring (bicyclic) bond motifs is 7. The molecule has 1 nitrogen and oxygen atoms in total. The van der Waals surface area contributed by atoms with Gasteiger partial charge in [-0.05, 0) is 25.1 Å². The minimum Gasteiger partial charge on any atom is -0.280 e. The number of aromatic nitrogens is 1. The monoisotopic (exact) mass is 413 g/mol. The molecule has 0 unspecified atom stereocenters. The summed E-state index contributed by atoms with van der Waals surface area (Å²) < 4.78 is 5.07. The molecule has 5 aromatic rings. The summed E-state index contributed by atoms with van der Waals surface area (Å²) in [5.41, 5.74) is 3.96. The van der Waals surface area contributed by atoms with Gasteiger partial charge in [-0.2, -0.15) is 0 Å². The molecule has 106 valence electrons. The Balaban J connectivity index is 2.10. The van der Waals surface area contributed by atoms with Gasteiger partial charge in [0.1, 0.15) is 0 Å². The summed E-state index contributed by atoms with van der Waals surface area (Å²) in [4.78, 5) is 0. The summed E-state index contributed by atoms with van der Waals surface area (Å²) in [6.07, 6.45) is 0. The summed E-state index contributed by atoms with van der Waals surface area (Å²) in [7, 11) is 0. The molecule has 0 N–H and O–H groups in total. The topological polar surface area (TPSA) is 4.93 Å². The predicted molar refractivity (Wildman–Crippen MR) is 106 cm³/mol. The Morgan fingerprint density at radius 1 is 0.864 bits per heavy atom. The predicted octanol–water partition coefficient (Wildman–Crippen LogP) is 6.67. The molecule has 0 radical (unpaired) electrons. The molecular formula is C19H12INS. The van der Waals surface area contributed by atoms with Gasteiger partial charge in [0.15, 0.2) is 0 Å². The van der Waals surface area contributed by atoms with Crippen LogP contribution in [0.1, 0.15) is 5.56 Å². The van der Waals surface area contributed by atoms with E-state index in [1.807, 2.05) is 11.3 Å². The van der Waals surface area contributed by atoms with Crippen LogP contribution in [0.15, 0.2) is 54.6 Å². The molecule has 2 heterocycles. The second-order valence-electron chi connectivity index (χ2n) is 5.74. The Kier molecular flexibility index (Phi) is 2.62. The first-order valence-electron chi connectivity index (χ1n) is 7.25. The van der Waals surface area contributed by atoms with Crippen molar-refractivity contribution in [1.29, 1.82) is 0 Å². The zero-order chi connectivity index (χ0) is 14.8. The van der Waals surface area contributed by atoms with Crippen molar-refractivity contribution in [2.24, 2.45) is 0 Å². The molecule has 0 atom stereocenters. The van der Waals surface area contributed by atoms with Crippen LogP contribution in [0.5, 0.6) is 0 Å². The third-order valence-electron chi connectivity index (χ3n) is 4.37. The van der Waals surface area contributed by atoms with Gasteiger partial charge in [0, 0.05) is 26.2 Å². The van der Waals surface area contributed by atoms with Crippen molar-refractivity contribution in [3.63, 3.8) is 0 Å². The van der Waals surface area contributed by atoms with E-state index >= 15 is 0 Å². The molecule has 0 bridgehead atoms. The van der Waals surface area contributed by atoms with Crippen LogP contribution in [0.4, 0.5) is 0 Å². The summed E-state index contributed by atoms with van der Waals surface area (Å²) in [6.45, 7) is 2.16. The zero-order valence-corrected chi connectivity index (χ0v) is 14.9. The number of nitrogens with zero attached hydrogens (tertiary/aromatic N) is 1. The largest absolute Gasteiger partial charge is 0.280 e. The molecule has 22 heavy (non-hydrogen) atoms. The lowest BCUT2D eigenvalue weighted by Crippen LogP contribution is -1.78. The van der Waals surface area contributed by atoms with Gasteiger partial charge in [-0.3, -0.25) is 2.78 Å². The highest BCUT2D eigenvalue weighted by Crippen LogP contribution is 2.42. The Morgan fingerprint density at radius 2 is 1.68 bits per heavy atom. The van der Waals surface area contributed by atoms with Gasteiger partial charge >= 0.3 is 0 Å². The van der Waals surface area contributed by atoms with E-state index < -0.39 is 0 Å². The number of halogens is 1. The van der Waals surface area contributed by atoms with Crippen molar-refractivity contribution in [3.8, 4) is 0 Å². The molecule has 2 aromatic heterocycles. The lowest BCUT2D eigenvalue weighted by molar-refractivity contribution is 1.47. The van der Waals surface area contributed by atoms with E-state index in [0.717, 1.165) is 0 Å². The molecule has 0 aliphatic heterocycles. The summed E-state index contributed by atoms with van der Waals surface area (Å²) in [5, 5.41) is 5.43. The molecular weight excluding hydrogens is 401 g/mol. The molecule has 3 aromatic carbocycles. The molecule has 0 saturated heterocycles. The van der Waals surface area contributed by atoms with Crippen LogP contribution in [-0.4, -0.2) is 2.78 Å². The third-order valence-corrected chi connectivity index (χ3v) is 6.57. The quantitative estimate of drug-likeness (QED) is 0.250. The lowest BCUT2D eigenvalue weighted by Gasteiger charge is -1.97. The maximum absolute atomic E-state index is 2.44. The number of hydrogen-bond acceptors (Lipinski definition) is 1. The van der Waals surface area contributed by atoms with Crippen LogP contribution in [0, 0.1) is 6.92 Å². The molecule has 0 aliphatic carbocycles. The van der Waals surface area contributed by atoms with Crippen LogP contribution in [0.3, 0.4) is 0 Å². The standard InChI is InChI=1S/C19H12INS/c1-11-6-9-16-15(10-11)13-7-8-14-12-4-2-3-5-17(12)22-19(14)18(13)21(16)20/h2-10H,1H3. The van der Waals surface area contributed by atoms with Crippen molar-refractivity contribution in [3.05, 3.63) is 60.2 Å². The van der Waals surface area contributed by atoms with Gasteiger partial charge in [0.05, 0.1) is 38.6 Å². The minimum atomic E-state index is 1.30. The Labute approximate surface area is 145 Å². The normalized spacial score (nSPS) is 12.1. The van der Waals surface area contributed by atoms with Crippen molar-refractivity contribution in [1.82, 2.24) is 2.78 Å². The minimum absolute atomic E-state index is 1.30. The van der Waals surface area contributed by atoms with Gasteiger partial charge in [0.2, 0.25) is 0 Å². The van der Waals surface area contributed by atoms with E-state index in [4.69, 9.17) is 0 Å². The fourth-order valence-corrected chi connectivity index (χ4v) is 5.67. The number of aryl methyl sites for hydroxylation is 1. The highest BCUT2D eigenvalue weighted by Gasteiger charge is 2.15. The lowest BCUT2D eigenvalue weighted by atomic mass is 10.1. The molecule has 0 aliphatic rings. The van der Waals surface area contributed by atoms with Gasteiger partial charge in [-0.15, -0.1) is 11.3 Å². The second-order valence-corrected chi connectivity index (χ2v) is 7.76. The van der Waals surface area contributed by atoms with Crippen molar-refractivity contribution in [2.75, 3.05) is 0 Å². The summed E-state index contributed by atoms with van der Waals surface area (Å²) in [6, 6.07) is 20.0. The first-order valence-corrected chi connectivity index (χ1v) is 9.03. The van der Waals surface area contributed by atoms with Crippen LogP contribution < -0.4 is 0 Å². The smallest absolute Gasteiger partial charge is 0.0768 e. The number of thiophene rings is 1. The van der Waals surface area contributed by atoms with E-state index in [9.17, 15) is 0 Å². The molecule has 0 spiro atoms. The van der Waals surface area contributed by atoms with E-state index in [-0.39, 0.29) is 0 Å². The number of hydrogen-bond donors (Lipinski definition) is 0. The van der Waals surface area contributed by atoms with Crippen LogP contribution in [0.2, 0.25) is 0 Å². The average molecular weight is 413 g/mol. The Bertz CT molecular complexity index is 1200. The number of benzene rings is 3. The fourth-order valence-electron chi connectivity index (χ4n) is 3.34. The van der Waals surface area contributed by atoms with Crippen molar-refractivity contribution in [2.45, 2.75) is 6.92 Å². The van der Waals surface area contributed by atoms with Crippen molar-refractivity contribution < 1.29 is 0 Å². The van der Waals surface area contributed by atoms with Crippen molar-refractivity contribution >= 4 is 76.2 Å². The molecule has 0 amide bonds. The van der Waals surface area contributed by atoms with Crippen LogP contribution in [-0.2, 0) is 0 Å². The molecule has 0 saturated carbocycles. The highest BCUT2D eigenvalue weighted by molar-refractivity contribution is 14.1. The maximum Gasteiger partial charge on any atom is 0.0768 e. The molecule has 3 heteroatoms. The maximum atomic E-state index is 2.44. The van der Waals surface area contributed by atoms with Gasteiger partial charge in [-0.25, -0.2) is 0 Å². The fraction of sp³-hybridized carbons (Fsp3) is 0.0526.